The second-order valence-electron chi connectivity index (χ2n) is 5.67. The van der Waals surface area contributed by atoms with Crippen LogP contribution in [0.4, 0.5) is 11.4 Å². The number of para-hydroxylation sites is 1. The molecular weight excluding hydrogens is 260 g/mol. The minimum absolute atomic E-state index is 0.115. The first-order chi connectivity index (χ1) is 9.91. The Labute approximate surface area is 126 Å². The summed E-state index contributed by atoms with van der Waals surface area (Å²) in [5.74, 6) is 0.234. The molecular formula is C18H22N2O. The second kappa shape index (κ2) is 6.00. The zero-order valence-electron chi connectivity index (χ0n) is 13.0. The van der Waals surface area contributed by atoms with Crippen LogP contribution < -0.4 is 11.1 Å². The summed E-state index contributed by atoms with van der Waals surface area (Å²) >= 11 is 0. The summed E-state index contributed by atoms with van der Waals surface area (Å²) in [5.41, 5.74) is 11.1. The van der Waals surface area contributed by atoms with Crippen molar-refractivity contribution in [2.75, 3.05) is 11.1 Å². The molecule has 0 aliphatic heterocycles. The summed E-state index contributed by atoms with van der Waals surface area (Å²) in [6.45, 7) is 8.12. The third-order valence-corrected chi connectivity index (χ3v) is 3.79. The van der Waals surface area contributed by atoms with Crippen molar-refractivity contribution in [1.82, 2.24) is 0 Å². The Kier molecular flexibility index (Phi) is 4.32. The number of nitrogens with one attached hydrogen (secondary N) is 1. The molecule has 0 saturated heterocycles. The van der Waals surface area contributed by atoms with Gasteiger partial charge in [0, 0.05) is 16.9 Å². The highest BCUT2D eigenvalue weighted by molar-refractivity contribution is 6.06. The number of hydrogen-bond donors (Lipinski definition) is 2. The van der Waals surface area contributed by atoms with Gasteiger partial charge in [-0.3, -0.25) is 4.79 Å². The van der Waals surface area contributed by atoms with Crippen molar-refractivity contribution in [3.8, 4) is 0 Å². The number of hydrogen-bond acceptors (Lipinski definition) is 2. The Morgan fingerprint density at radius 3 is 2.43 bits per heavy atom. The normalized spacial score (nSPS) is 10.7. The van der Waals surface area contributed by atoms with Gasteiger partial charge in [0.2, 0.25) is 0 Å². The SMILES string of the molecule is Cc1cccc(C(C)C)c1NC(=O)c1cccc(N)c1C. The van der Waals surface area contributed by atoms with E-state index in [2.05, 4.69) is 25.2 Å². The summed E-state index contributed by atoms with van der Waals surface area (Å²) in [4.78, 5) is 12.5. The molecule has 3 nitrogen and oxygen atoms in total. The lowest BCUT2D eigenvalue weighted by atomic mass is 9.97. The Morgan fingerprint density at radius 1 is 1.10 bits per heavy atom. The summed E-state index contributed by atoms with van der Waals surface area (Å²) in [5, 5.41) is 3.05. The van der Waals surface area contributed by atoms with Crippen molar-refractivity contribution in [2.24, 2.45) is 0 Å². The standard InChI is InChI=1S/C18H22N2O/c1-11(2)14-8-5-7-12(3)17(14)20-18(21)15-9-6-10-16(19)13(15)4/h5-11H,19H2,1-4H3,(H,20,21). The number of anilines is 2. The van der Waals surface area contributed by atoms with Gasteiger partial charge in [-0.05, 0) is 48.6 Å². The Hall–Kier alpha value is -2.29. The highest BCUT2D eigenvalue weighted by atomic mass is 16.1. The minimum Gasteiger partial charge on any atom is -0.398 e. The van der Waals surface area contributed by atoms with Crippen LogP contribution in [0.5, 0.6) is 0 Å². The van der Waals surface area contributed by atoms with Gasteiger partial charge in [-0.25, -0.2) is 0 Å². The molecule has 0 radical (unpaired) electrons. The van der Waals surface area contributed by atoms with Crippen LogP contribution in [0.3, 0.4) is 0 Å². The molecule has 0 spiro atoms. The lowest BCUT2D eigenvalue weighted by molar-refractivity contribution is 0.102. The lowest BCUT2D eigenvalue weighted by Crippen LogP contribution is -2.16. The van der Waals surface area contributed by atoms with Crippen LogP contribution in [0, 0.1) is 13.8 Å². The van der Waals surface area contributed by atoms with Crippen molar-refractivity contribution in [3.63, 3.8) is 0 Å². The molecule has 21 heavy (non-hydrogen) atoms. The average Bonchev–Trinajstić information content (AvgIpc) is 2.43. The van der Waals surface area contributed by atoms with Gasteiger partial charge in [0.25, 0.3) is 5.91 Å². The van der Waals surface area contributed by atoms with Crippen LogP contribution in [0.15, 0.2) is 36.4 Å². The van der Waals surface area contributed by atoms with Crippen LogP contribution in [0.25, 0.3) is 0 Å². The average molecular weight is 282 g/mol. The number of nitrogen functional groups attached to an aromatic ring is 1. The smallest absolute Gasteiger partial charge is 0.256 e. The number of amides is 1. The Bertz CT molecular complexity index is 675. The van der Waals surface area contributed by atoms with E-state index in [9.17, 15) is 4.79 Å². The third kappa shape index (κ3) is 3.07. The fourth-order valence-electron chi connectivity index (χ4n) is 2.42. The Balaban J connectivity index is 2.39. The zero-order valence-corrected chi connectivity index (χ0v) is 13.0. The van der Waals surface area contributed by atoms with Crippen molar-refractivity contribution in [3.05, 3.63) is 58.7 Å². The van der Waals surface area contributed by atoms with Crippen LogP contribution >= 0.6 is 0 Å². The van der Waals surface area contributed by atoms with E-state index in [1.165, 1.54) is 0 Å². The van der Waals surface area contributed by atoms with E-state index < -0.39 is 0 Å². The van der Waals surface area contributed by atoms with Gasteiger partial charge in [-0.2, -0.15) is 0 Å². The molecule has 0 aromatic heterocycles. The molecule has 110 valence electrons. The number of carbonyl (C=O) groups is 1. The summed E-state index contributed by atoms with van der Waals surface area (Å²) in [7, 11) is 0. The second-order valence-corrected chi connectivity index (χ2v) is 5.67. The van der Waals surface area contributed by atoms with Crippen molar-refractivity contribution >= 4 is 17.3 Å². The van der Waals surface area contributed by atoms with Gasteiger partial charge >= 0.3 is 0 Å². The number of carbonyl (C=O) groups excluding carboxylic acids is 1. The first kappa shape index (κ1) is 15.1. The van der Waals surface area contributed by atoms with Crippen LogP contribution in [-0.2, 0) is 0 Å². The van der Waals surface area contributed by atoms with Gasteiger partial charge in [0.05, 0.1) is 0 Å². The van der Waals surface area contributed by atoms with Gasteiger partial charge in [0.15, 0.2) is 0 Å². The molecule has 1 amide bonds. The predicted molar refractivity (Wildman–Crippen MR) is 88.8 cm³/mol. The fraction of sp³-hybridized carbons (Fsp3) is 0.278. The first-order valence-corrected chi connectivity index (χ1v) is 7.17. The molecule has 0 heterocycles. The maximum absolute atomic E-state index is 12.5. The van der Waals surface area contributed by atoms with E-state index >= 15 is 0 Å². The molecule has 0 saturated carbocycles. The monoisotopic (exact) mass is 282 g/mol. The highest BCUT2D eigenvalue weighted by Crippen LogP contribution is 2.28. The van der Waals surface area contributed by atoms with E-state index in [4.69, 9.17) is 5.73 Å². The molecule has 0 atom stereocenters. The first-order valence-electron chi connectivity index (χ1n) is 7.17. The van der Waals surface area contributed by atoms with Crippen molar-refractivity contribution in [1.29, 1.82) is 0 Å². The van der Waals surface area contributed by atoms with Gasteiger partial charge in [-0.1, -0.05) is 38.1 Å². The van der Waals surface area contributed by atoms with Gasteiger partial charge < -0.3 is 11.1 Å². The number of rotatable bonds is 3. The van der Waals surface area contributed by atoms with E-state index in [1.54, 1.807) is 18.2 Å². The molecule has 0 aliphatic rings. The van der Waals surface area contributed by atoms with E-state index in [1.807, 2.05) is 26.0 Å². The molecule has 2 aromatic rings. The fourth-order valence-corrected chi connectivity index (χ4v) is 2.42. The number of aryl methyl sites for hydroxylation is 1. The van der Waals surface area contributed by atoms with Crippen LogP contribution in [0.1, 0.15) is 46.8 Å². The molecule has 3 N–H and O–H groups in total. The molecule has 0 fully saturated rings. The summed E-state index contributed by atoms with van der Waals surface area (Å²) < 4.78 is 0. The van der Waals surface area contributed by atoms with E-state index in [0.717, 1.165) is 22.4 Å². The topological polar surface area (TPSA) is 55.1 Å². The quantitative estimate of drug-likeness (QED) is 0.826. The van der Waals surface area contributed by atoms with Crippen LogP contribution in [0.2, 0.25) is 0 Å². The number of benzene rings is 2. The predicted octanol–water partition coefficient (Wildman–Crippen LogP) is 4.26. The molecule has 0 unspecified atom stereocenters. The van der Waals surface area contributed by atoms with Crippen molar-refractivity contribution in [2.45, 2.75) is 33.6 Å². The van der Waals surface area contributed by atoms with Gasteiger partial charge in [-0.15, -0.1) is 0 Å². The largest absolute Gasteiger partial charge is 0.398 e. The molecule has 2 aromatic carbocycles. The molecule has 0 bridgehead atoms. The molecule has 3 heteroatoms. The van der Waals surface area contributed by atoms with Crippen LogP contribution in [-0.4, -0.2) is 5.91 Å². The minimum atomic E-state index is -0.115. The van der Waals surface area contributed by atoms with Crippen molar-refractivity contribution < 1.29 is 4.79 Å². The molecule has 0 aliphatic carbocycles. The maximum Gasteiger partial charge on any atom is 0.256 e. The summed E-state index contributed by atoms with van der Waals surface area (Å²) in [6.07, 6.45) is 0. The van der Waals surface area contributed by atoms with E-state index in [0.29, 0.717) is 17.2 Å². The zero-order chi connectivity index (χ0) is 15.6. The van der Waals surface area contributed by atoms with Gasteiger partial charge in [0.1, 0.15) is 0 Å². The lowest BCUT2D eigenvalue weighted by Gasteiger charge is -2.17. The summed E-state index contributed by atoms with van der Waals surface area (Å²) in [6, 6.07) is 11.5. The maximum atomic E-state index is 12.5. The van der Waals surface area contributed by atoms with E-state index in [-0.39, 0.29) is 5.91 Å². The third-order valence-electron chi connectivity index (χ3n) is 3.79. The molecule has 2 rings (SSSR count). The number of nitrogens with two attached hydrogens (primary N) is 1. The Morgan fingerprint density at radius 2 is 1.76 bits per heavy atom. The highest BCUT2D eigenvalue weighted by Gasteiger charge is 2.15.